The maximum atomic E-state index is 11.2. The monoisotopic (exact) mass is 237 g/mol. The summed E-state index contributed by atoms with van der Waals surface area (Å²) in [6.07, 6.45) is 3.14. The van der Waals surface area contributed by atoms with Gasteiger partial charge in [0.25, 0.3) is 5.91 Å². The Labute approximate surface area is 101 Å². The normalized spacial score (nSPS) is 14.1. The van der Waals surface area contributed by atoms with Crippen LogP contribution < -0.4 is 11.1 Å². The first kappa shape index (κ1) is 13.4. The zero-order valence-corrected chi connectivity index (χ0v) is 10.2. The summed E-state index contributed by atoms with van der Waals surface area (Å²) in [5.41, 5.74) is 4.75. The van der Waals surface area contributed by atoms with Crippen molar-refractivity contribution < 1.29 is 9.90 Å². The fourth-order valence-electron chi connectivity index (χ4n) is 1.65. The summed E-state index contributed by atoms with van der Waals surface area (Å²) in [6.45, 7) is 4.08. The molecule has 5 nitrogen and oxygen atoms in total. The van der Waals surface area contributed by atoms with E-state index in [2.05, 4.69) is 10.3 Å². The van der Waals surface area contributed by atoms with Crippen LogP contribution in [-0.2, 0) is 0 Å². The highest BCUT2D eigenvalue weighted by molar-refractivity contribution is 5.97. The third-order valence-corrected chi connectivity index (χ3v) is 2.50. The lowest BCUT2D eigenvalue weighted by Gasteiger charge is -2.23. The summed E-state index contributed by atoms with van der Waals surface area (Å²) in [6, 6.07) is 3.25. The van der Waals surface area contributed by atoms with Crippen LogP contribution in [0.4, 0.5) is 5.82 Å². The number of nitrogens with zero attached hydrogens (tertiary/aromatic N) is 1. The molecule has 1 aromatic rings. The van der Waals surface area contributed by atoms with Crippen LogP contribution in [0, 0.1) is 0 Å². The van der Waals surface area contributed by atoms with Crippen LogP contribution in [-0.4, -0.2) is 28.1 Å². The van der Waals surface area contributed by atoms with E-state index in [0.29, 0.717) is 24.3 Å². The van der Waals surface area contributed by atoms with Gasteiger partial charge in [0.05, 0.1) is 11.2 Å². The van der Waals surface area contributed by atoms with Gasteiger partial charge in [-0.3, -0.25) is 4.79 Å². The molecule has 0 spiro atoms. The molecule has 1 amide bonds. The lowest BCUT2D eigenvalue weighted by atomic mass is 10.0. The van der Waals surface area contributed by atoms with Crippen LogP contribution in [0.15, 0.2) is 18.3 Å². The molecule has 1 atom stereocenters. The molecule has 0 aromatic carbocycles. The summed E-state index contributed by atoms with van der Waals surface area (Å²) in [5.74, 6) is -0.118. The summed E-state index contributed by atoms with van der Waals surface area (Å²) < 4.78 is 0. The Morgan fingerprint density at radius 1 is 1.65 bits per heavy atom. The van der Waals surface area contributed by atoms with E-state index in [4.69, 9.17) is 5.73 Å². The number of hydrogen-bond donors (Lipinski definition) is 3. The maximum absolute atomic E-state index is 11.2. The molecule has 0 aliphatic heterocycles. The predicted molar refractivity (Wildman–Crippen MR) is 66.8 cm³/mol. The van der Waals surface area contributed by atoms with Crippen molar-refractivity contribution in [3.63, 3.8) is 0 Å². The standard InChI is InChI=1S/C12H19N3O2/c1-3-6-12(2,17)8-15-11-9(10(13)16)5-4-7-14-11/h4-5,7,17H,3,6,8H2,1-2H3,(H2,13,16)(H,14,15). The molecule has 1 rings (SSSR count). The van der Waals surface area contributed by atoms with Gasteiger partial charge in [-0.2, -0.15) is 0 Å². The van der Waals surface area contributed by atoms with Gasteiger partial charge >= 0.3 is 0 Å². The van der Waals surface area contributed by atoms with Crippen molar-refractivity contribution in [2.45, 2.75) is 32.3 Å². The third kappa shape index (κ3) is 4.03. The van der Waals surface area contributed by atoms with Gasteiger partial charge in [0.1, 0.15) is 5.82 Å². The number of nitrogens with one attached hydrogen (secondary N) is 1. The first-order valence-electron chi connectivity index (χ1n) is 5.67. The van der Waals surface area contributed by atoms with Gasteiger partial charge in [0.2, 0.25) is 0 Å². The number of rotatable bonds is 6. The zero-order valence-electron chi connectivity index (χ0n) is 10.2. The van der Waals surface area contributed by atoms with Crippen molar-refractivity contribution >= 4 is 11.7 Å². The van der Waals surface area contributed by atoms with E-state index in [9.17, 15) is 9.90 Å². The summed E-state index contributed by atoms with van der Waals surface area (Å²) in [5, 5.41) is 13.0. The van der Waals surface area contributed by atoms with Crippen LogP contribution in [0.1, 0.15) is 37.0 Å². The first-order chi connectivity index (χ1) is 7.96. The van der Waals surface area contributed by atoms with E-state index in [-0.39, 0.29) is 0 Å². The lowest BCUT2D eigenvalue weighted by Crippen LogP contribution is -2.34. The van der Waals surface area contributed by atoms with Crippen molar-refractivity contribution in [3.05, 3.63) is 23.9 Å². The molecule has 0 saturated carbocycles. The average molecular weight is 237 g/mol. The van der Waals surface area contributed by atoms with E-state index < -0.39 is 11.5 Å². The number of carbonyl (C=O) groups is 1. The van der Waals surface area contributed by atoms with Crippen molar-refractivity contribution in [2.75, 3.05) is 11.9 Å². The largest absolute Gasteiger partial charge is 0.388 e. The molecule has 0 radical (unpaired) electrons. The highest BCUT2D eigenvalue weighted by atomic mass is 16.3. The molecule has 0 aliphatic carbocycles. The number of aliphatic hydroxyl groups is 1. The summed E-state index contributed by atoms with van der Waals surface area (Å²) in [7, 11) is 0. The fraction of sp³-hybridized carbons (Fsp3) is 0.500. The Kier molecular flexibility index (Phi) is 4.45. The number of pyridine rings is 1. The van der Waals surface area contributed by atoms with Gasteiger partial charge in [-0.25, -0.2) is 4.98 Å². The van der Waals surface area contributed by atoms with Gasteiger partial charge in [-0.1, -0.05) is 13.3 Å². The number of carbonyl (C=O) groups excluding carboxylic acids is 1. The number of anilines is 1. The predicted octanol–water partition coefficient (Wildman–Crippen LogP) is 1.14. The highest BCUT2D eigenvalue weighted by Gasteiger charge is 2.19. The third-order valence-electron chi connectivity index (χ3n) is 2.50. The molecular formula is C12H19N3O2. The molecule has 0 aliphatic rings. The minimum atomic E-state index is -0.818. The van der Waals surface area contributed by atoms with E-state index in [1.54, 1.807) is 25.3 Å². The quantitative estimate of drug-likeness (QED) is 0.692. The molecule has 1 aromatic heterocycles. The van der Waals surface area contributed by atoms with E-state index in [1.165, 1.54) is 0 Å². The summed E-state index contributed by atoms with van der Waals surface area (Å²) >= 11 is 0. The molecule has 94 valence electrons. The minimum Gasteiger partial charge on any atom is -0.388 e. The Morgan fingerprint density at radius 2 is 2.35 bits per heavy atom. The number of hydrogen-bond acceptors (Lipinski definition) is 4. The number of primary amides is 1. The second kappa shape index (κ2) is 5.63. The van der Waals surface area contributed by atoms with E-state index in [0.717, 1.165) is 6.42 Å². The second-order valence-corrected chi connectivity index (χ2v) is 4.36. The van der Waals surface area contributed by atoms with Crippen molar-refractivity contribution in [1.82, 2.24) is 4.98 Å². The smallest absolute Gasteiger partial charge is 0.252 e. The molecule has 0 fully saturated rings. The molecule has 1 unspecified atom stereocenters. The Bertz CT molecular complexity index is 391. The SMILES string of the molecule is CCCC(C)(O)CNc1ncccc1C(N)=O. The lowest BCUT2D eigenvalue weighted by molar-refractivity contribution is 0.0635. The molecule has 17 heavy (non-hydrogen) atoms. The van der Waals surface area contributed by atoms with E-state index in [1.807, 2.05) is 6.92 Å². The van der Waals surface area contributed by atoms with Gasteiger partial charge in [-0.05, 0) is 25.5 Å². The number of aromatic nitrogens is 1. The second-order valence-electron chi connectivity index (χ2n) is 4.36. The Morgan fingerprint density at radius 3 is 2.94 bits per heavy atom. The maximum Gasteiger partial charge on any atom is 0.252 e. The van der Waals surface area contributed by atoms with Crippen LogP contribution in [0.5, 0.6) is 0 Å². The van der Waals surface area contributed by atoms with Gasteiger partial charge in [0, 0.05) is 12.7 Å². The molecule has 0 bridgehead atoms. The minimum absolute atomic E-state index is 0.331. The molecule has 1 heterocycles. The van der Waals surface area contributed by atoms with Crippen LogP contribution >= 0.6 is 0 Å². The van der Waals surface area contributed by atoms with E-state index >= 15 is 0 Å². The molecule has 0 saturated heterocycles. The van der Waals surface area contributed by atoms with Gasteiger partial charge < -0.3 is 16.2 Å². The van der Waals surface area contributed by atoms with Crippen molar-refractivity contribution in [2.24, 2.45) is 5.73 Å². The van der Waals surface area contributed by atoms with Crippen LogP contribution in [0.2, 0.25) is 0 Å². The van der Waals surface area contributed by atoms with Crippen LogP contribution in [0.25, 0.3) is 0 Å². The summed E-state index contributed by atoms with van der Waals surface area (Å²) in [4.78, 5) is 15.2. The number of nitrogens with two attached hydrogens (primary N) is 1. The van der Waals surface area contributed by atoms with Crippen molar-refractivity contribution in [1.29, 1.82) is 0 Å². The average Bonchev–Trinajstić information content (AvgIpc) is 2.27. The van der Waals surface area contributed by atoms with Gasteiger partial charge in [0.15, 0.2) is 0 Å². The molecule has 4 N–H and O–H groups in total. The number of amides is 1. The molecular weight excluding hydrogens is 218 g/mol. The zero-order chi connectivity index (χ0) is 12.9. The fourth-order valence-corrected chi connectivity index (χ4v) is 1.65. The Hall–Kier alpha value is -1.62. The highest BCUT2D eigenvalue weighted by Crippen LogP contribution is 2.15. The van der Waals surface area contributed by atoms with Crippen LogP contribution in [0.3, 0.4) is 0 Å². The van der Waals surface area contributed by atoms with Gasteiger partial charge in [-0.15, -0.1) is 0 Å². The van der Waals surface area contributed by atoms with Crippen molar-refractivity contribution in [3.8, 4) is 0 Å². The molecule has 5 heteroatoms. The first-order valence-corrected chi connectivity index (χ1v) is 5.67. The Balaban J connectivity index is 2.72. The topological polar surface area (TPSA) is 88.2 Å².